The molecule has 0 amide bonds. The highest BCUT2D eigenvalue weighted by atomic mass is 14.0. The first-order valence-electron chi connectivity index (χ1n) is 4.69. The summed E-state index contributed by atoms with van der Waals surface area (Å²) in [6.45, 7) is 8.83. The SMILES string of the molecule is CCC(C#CCC(C)C)CC. The van der Waals surface area contributed by atoms with Gasteiger partial charge in [-0.05, 0) is 18.8 Å². The second kappa shape index (κ2) is 6.28. The van der Waals surface area contributed by atoms with Gasteiger partial charge in [-0.3, -0.25) is 0 Å². The van der Waals surface area contributed by atoms with Gasteiger partial charge in [0.05, 0.1) is 0 Å². The molecule has 0 N–H and O–H groups in total. The van der Waals surface area contributed by atoms with Gasteiger partial charge in [-0.1, -0.05) is 33.6 Å². The van der Waals surface area contributed by atoms with Gasteiger partial charge in [0.25, 0.3) is 0 Å². The Morgan fingerprint density at radius 2 is 1.64 bits per heavy atom. The van der Waals surface area contributed by atoms with Crippen molar-refractivity contribution in [2.45, 2.75) is 47.0 Å². The average Bonchev–Trinajstić information content (AvgIpc) is 1.98. The molecule has 0 atom stereocenters. The lowest BCUT2D eigenvalue weighted by molar-refractivity contribution is 0.623. The first kappa shape index (κ1) is 10.6. The van der Waals surface area contributed by atoms with Crippen molar-refractivity contribution < 1.29 is 0 Å². The molecule has 0 aliphatic heterocycles. The first-order valence-corrected chi connectivity index (χ1v) is 4.69. The average molecular weight is 152 g/mol. The Balaban J connectivity index is 3.65. The van der Waals surface area contributed by atoms with E-state index in [0.717, 1.165) is 12.3 Å². The van der Waals surface area contributed by atoms with E-state index >= 15 is 0 Å². The van der Waals surface area contributed by atoms with E-state index in [-0.39, 0.29) is 0 Å². The van der Waals surface area contributed by atoms with Crippen LogP contribution in [0.5, 0.6) is 0 Å². The lowest BCUT2D eigenvalue weighted by Gasteiger charge is -2.01. The summed E-state index contributed by atoms with van der Waals surface area (Å²) in [5, 5.41) is 0. The van der Waals surface area contributed by atoms with Gasteiger partial charge in [0.2, 0.25) is 0 Å². The summed E-state index contributed by atoms with van der Waals surface area (Å²) < 4.78 is 0. The molecule has 0 aromatic heterocycles. The molecule has 0 saturated carbocycles. The van der Waals surface area contributed by atoms with E-state index in [1.54, 1.807) is 0 Å². The third-order valence-corrected chi connectivity index (χ3v) is 1.80. The van der Waals surface area contributed by atoms with Crippen LogP contribution in [0.25, 0.3) is 0 Å². The van der Waals surface area contributed by atoms with Crippen molar-refractivity contribution >= 4 is 0 Å². The van der Waals surface area contributed by atoms with Crippen LogP contribution < -0.4 is 0 Å². The Hall–Kier alpha value is -0.440. The first-order chi connectivity index (χ1) is 5.20. The quantitative estimate of drug-likeness (QED) is 0.543. The Morgan fingerprint density at radius 3 is 2.00 bits per heavy atom. The predicted octanol–water partition coefficient (Wildman–Crippen LogP) is 3.47. The highest BCUT2D eigenvalue weighted by Gasteiger charge is 1.95. The number of rotatable bonds is 3. The van der Waals surface area contributed by atoms with Gasteiger partial charge in [-0.25, -0.2) is 0 Å². The maximum atomic E-state index is 3.30. The zero-order valence-electron chi connectivity index (χ0n) is 8.28. The molecule has 0 fully saturated rings. The minimum absolute atomic E-state index is 0.633. The highest BCUT2D eigenvalue weighted by molar-refractivity contribution is 5.03. The summed E-state index contributed by atoms with van der Waals surface area (Å²) in [6, 6.07) is 0. The summed E-state index contributed by atoms with van der Waals surface area (Å²) in [5.41, 5.74) is 0. The fourth-order valence-electron chi connectivity index (χ4n) is 0.900. The molecule has 0 aromatic rings. The van der Waals surface area contributed by atoms with E-state index in [1.807, 2.05) is 0 Å². The molecule has 0 radical (unpaired) electrons. The van der Waals surface area contributed by atoms with Gasteiger partial charge in [-0.2, -0.15) is 0 Å². The van der Waals surface area contributed by atoms with E-state index < -0.39 is 0 Å². The van der Waals surface area contributed by atoms with Crippen LogP contribution in [0.1, 0.15) is 47.0 Å². The molecule has 64 valence electrons. The molecule has 0 spiro atoms. The van der Waals surface area contributed by atoms with E-state index in [9.17, 15) is 0 Å². The lowest BCUT2D eigenvalue weighted by atomic mass is 10.0. The maximum absolute atomic E-state index is 3.30. The van der Waals surface area contributed by atoms with E-state index in [0.29, 0.717) is 5.92 Å². The summed E-state index contributed by atoms with van der Waals surface area (Å²) in [4.78, 5) is 0. The zero-order chi connectivity index (χ0) is 8.69. The maximum Gasteiger partial charge on any atom is 0.0197 e. The normalized spacial score (nSPS) is 10.0. The second-order valence-corrected chi connectivity index (χ2v) is 3.43. The fourth-order valence-corrected chi connectivity index (χ4v) is 0.900. The summed E-state index contributed by atoms with van der Waals surface area (Å²) in [6.07, 6.45) is 3.44. The van der Waals surface area contributed by atoms with Gasteiger partial charge in [0, 0.05) is 12.3 Å². The van der Waals surface area contributed by atoms with E-state index in [2.05, 4.69) is 39.5 Å². The molecule has 0 rings (SSSR count). The van der Waals surface area contributed by atoms with Crippen LogP contribution in [0, 0.1) is 23.7 Å². The Bertz CT molecular complexity index is 130. The fraction of sp³-hybridized carbons (Fsp3) is 0.818. The second-order valence-electron chi connectivity index (χ2n) is 3.43. The van der Waals surface area contributed by atoms with Crippen molar-refractivity contribution in [2.75, 3.05) is 0 Å². The van der Waals surface area contributed by atoms with Crippen molar-refractivity contribution in [3.63, 3.8) is 0 Å². The summed E-state index contributed by atoms with van der Waals surface area (Å²) >= 11 is 0. The van der Waals surface area contributed by atoms with Crippen LogP contribution in [-0.2, 0) is 0 Å². The van der Waals surface area contributed by atoms with Crippen molar-refractivity contribution in [1.29, 1.82) is 0 Å². The molecule has 0 nitrogen and oxygen atoms in total. The Kier molecular flexibility index (Phi) is 6.03. The van der Waals surface area contributed by atoms with Crippen LogP contribution in [0.4, 0.5) is 0 Å². The van der Waals surface area contributed by atoms with Crippen LogP contribution in [-0.4, -0.2) is 0 Å². The van der Waals surface area contributed by atoms with Gasteiger partial charge in [0.1, 0.15) is 0 Å². The molecule has 11 heavy (non-hydrogen) atoms. The Labute approximate surface area is 71.4 Å². The zero-order valence-corrected chi connectivity index (χ0v) is 8.28. The standard InChI is InChI=1S/C11H20/c1-5-11(6-2)9-7-8-10(3)4/h10-11H,5-6,8H2,1-4H3. The molecule has 0 heteroatoms. The smallest absolute Gasteiger partial charge is 0.0197 e. The molecule has 0 heterocycles. The molecular formula is C11H20. The largest absolute Gasteiger partial charge is 0.103 e. The highest BCUT2D eigenvalue weighted by Crippen LogP contribution is 2.05. The van der Waals surface area contributed by atoms with Crippen molar-refractivity contribution in [1.82, 2.24) is 0 Å². The van der Waals surface area contributed by atoms with Crippen LogP contribution in [0.3, 0.4) is 0 Å². The molecule has 0 aliphatic carbocycles. The van der Waals surface area contributed by atoms with Gasteiger partial charge in [-0.15, -0.1) is 5.92 Å². The molecule has 0 aromatic carbocycles. The van der Waals surface area contributed by atoms with Gasteiger partial charge in [0.15, 0.2) is 0 Å². The van der Waals surface area contributed by atoms with Crippen molar-refractivity contribution in [2.24, 2.45) is 11.8 Å². The number of hydrogen-bond donors (Lipinski definition) is 0. The van der Waals surface area contributed by atoms with Crippen molar-refractivity contribution in [3.8, 4) is 11.8 Å². The van der Waals surface area contributed by atoms with Crippen LogP contribution in [0.15, 0.2) is 0 Å². The molecule has 0 unspecified atom stereocenters. The van der Waals surface area contributed by atoms with Gasteiger partial charge >= 0.3 is 0 Å². The van der Waals surface area contributed by atoms with E-state index in [4.69, 9.17) is 0 Å². The summed E-state index contributed by atoms with van der Waals surface area (Å²) in [7, 11) is 0. The van der Waals surface area contributed by atoms with Gasteiger partial charge < -0.3 is 0 Å². The van der Waals surface area contributed by atoms with Crippen molar-refractivity contribution in [3.05, 3.63) is 0 Å². The number of hydrogen-bond acceptors (Lipinski definition) is 0. The van der Waals surface area contributed by atoms with Crippen LogP contribution in [0.2, 0.25) is 0 Å². The summed E-state index contributed by atoms with van der Waals surface area (Å²) in [5.74, 6) is 7.89. The lowest BCUT2D eigenvalue weighted by Crippen LogP contribution is -1.91. The molecule has 0 saturated heterocycles. The third-order valence-electron chi connectivity index (χ3n) is 1.80. The minimum Gasteiger partial charge on any atom is -0.103 e. The third kappa shape index (κ3) is 5.98. The molecule has 0 bridgehead atoms. The topological polar surface area (TPSA) is 0 Å². The molecule has 0 aliphatic rings. The monoisotopic (exact) mass is 152 g/mol. The van der Waals surface area contributed by atoms with E-state index in [1.165, 1.54) is 12.8 Å². The predicted molar refractivity (Wildman–Crippen MR) is 51.3 cm³/mol. The Morgan fingerprint density at radius 1 is 1.09 bits per heavy atom. The molecular weight excluding hydrogens is 132 g/mol. The van der Waals surface area contributed by atoms with Crippen LogP contribution >= 0.6 is 0 Å². The minimum atomic E-state index is 0.633.